The van der Waals surface area contributed by atoms with Gasteiger partial charge < -0.3 is 14.4 Å². The number of rotatable bonds is 4. The number of pyridine rings is 1. The first-order valence-electron chi connectivity index (χ1n) is 8.78. The third kappa shape index (κ3) is 3.24. The molecule has 130 valence electrons. The highest BCUT2D eigenvalue weighted by Gasteiger charge is 2.29. The lowest BCUT2D eigenvalue weighted by molar-refractivity contribution is 0.0729. The number of aryl methyl sites for hydroxylation is 1. The van der Waals surface area contributed by atoms with Crippen LogP contribution in [0.1, 0.15) is 40.4 Å². The zero-order valence-corrected chi connectivity index (χ0v) is 14.4. The van der Waals surface area contributed by atoms with Crippen LogP contribution < -0.4 is 4.74 Å². The molecule has 0 saturated carbocycles. The quantitative estimate of drug-likeness (QED) is 0.860. The molecule has 0 N–H and O–H groups in total. The zero-order valence-electron chi connectivity index (χ0n) is 14.4. The van der Waals surface area contributed by atoms with E-state index in [2.05, 4.69) is 23.2 Å². The van der Waals surface area contributed by atoms with E-state index < -0.39 is 0 Å². The topological polar surface area (TPSA) is 51.7 Å². The highest BCUT2D eigenvalue weighted by molar-refractivity contribution is 5.94. The van der Waals surface area contributed by atoms with Crippen LogP contribution in [0.4, 0.5) is 0 Å². The Balaban J connectivity index is 1.50. The monoisotopic (exact) mass is 338 g/mol. The van der Waals surface area contributed by atoms with Gasteiger partial charge in [0.15, 0.2) is 0 Å². The summed E-state index contributed by atoms with van der Waals surface area (Å²) in [6.45, 7) is 1.30. The van der Waals surface area contributed by atoms with Crippen molar-refractivity contribution in [3.63, 3.8) is 0 Å². The Morgan fingerprint density at radius 2 is 2.16 bits per heavy atom. The molecule has 5 heteroatoms. The number of nitrogens with zero attached hydrogens (tertiary/aromatic N) is 2. The molecule has 2 atom stereocenters. The van der Waals surface area contributed by atoms with E-state index in [4.69, 9.17) is 9.47 Å². The van der Waals surface area contributed by atoms with Gasteiger partial charge in [-0.1, -0.05) is 24.3 Å². The average molecular weight is 338 g/mol. The van der Waals surface area contributed by atoms with Gasteiger partial charge in [0, 0.05) is 31.3 Å². The van der Waals surface area contributed by atoms with Crippen molar-refractivity contribution < 1.29 is 14.3 Å². The summed E-state index contributed by atoms with van der Waals surface area (Å²) >= 11 is 0. The first-order chi connectivity index (χ1) is 12.2. The molecule has 1 aliphatic heterocycles. The molecule has 1 aromatic carbocycles. The van der Waals surface area contributed by atoms with Gasteiger partial charge in [0.25, 0.3) is 5.91 Å². The van der Waals surface area contributed by atoms with E-state index in [-0.39, 0.29) is 18.1 Å². The number of carbonyl (C=O) groups is 1. The molecule has 1 amide bonds. The lowest BCUT2D eigenvalue weighted by atomic mass is 10.1. The first kappa shape index (κ1) is 16.1. The fraction of sp³-hybridized carbons (Fsp3) is 0.400. The van der Waals surface area contributed by atoms with Gasteiger partial charge in [-0.3, -0.25) is 4.79 Å². The van der Waals surface area contributed by atoms with Gasteiger partial charge in [0.1, 0.15) is 6.10 Å². The van der Waals surface area contributed by atoms with E-state index in [9.17, 15) is 4.79 Å². The van der Waals surface area contributed by atoms with Crippen molar-refractivity contribution in [3.05, 3.63) is 59.3 Å². The second kappa shape index (κ2) is 6.84. The van der Waals surface area contributed by atoms with Crippen molar-refractivity contribution in [2.24, 2.45) is 0 Å². The minimum absolute atomic E-state index is 0.00312. The number of fused-ring (bicyclic) bond motifs is 1. The summed E-state index contributed by atoms with van der Waals surface area (Å²) in [5, 5.41) is 0. The number of benzene rings is 1. The van der Waals surface area contributed by atoms with Crippen LogP contribution in [0.25, 0.3) is 0 Å². The van der Waals surface area contributed by atoms with Crippen molar-refractivity contribution in [3.8, 4) is 5.88 Å². The predicted octanol–water partition coefficient (Wildman–Crippen LogP) is 3.01. The van der Waals surface area contributed by atoms with Gasteiger partial charge in [0.05, 0.1) is 19.3 Å². The minimum Gasteiger partial charge on any atom is -0.472 e. The number of aromatic nitrogens is 1. The maximum Gasteiger partial charge on any atom is 0.254 e. The lowest BCUT2D eigenvalue weighted by Gasteiger charge is -2.25. The summed E-state index contributed by atoms with van der Waals surface area (Å²) in [5.74, 6) is 0.484. The second-order valence-electron chi connectivity index (χ2n) is 6.66. The molecule has 0 bridgehead atoms. The predicted molar refractivity (Wildman–Crippen MR) is 93.7 cm³/mol. The Bertz CT molecular complexity index is 771. The van der Waals surface area contributed by atoms with Crippen molar-refractivity contribution in [1.82, 2.24) is 9.88 Å². The van der Waals surface area contributed by atoms with Crippen molar-refractivity contribution in [2.75, 3.05) is 20.3 Å². The van der Waals surface area contributed by atoms with E-state index in [1.165, 1.54) is 11.1 Å². The molecule has 0 radical (unpaired) electrons. The summed E-state index contributed by atoms with van der Waals surface area (Å²) in [7, 11) is 1.88. The third-order valence-electron chi connectivity index (χ3n) is 5.05. The van der Waals surface area contributed by atoms with Crippen LogP contribution in [0.15, 0.2) is 42.6 Å². The van der Waals surface area contributed by atoms with Gasteiger partial charge in [0.2, 0.25) is 5.88 Å². The van der Waals surface area contributed by atoms with Crippen molar-refractivity contribution in [2.45, 2.75) is 31.4 Å². The zero-order chi connectivity index (χ0) is 17.2. The molecule has 1 aliphatic carbocycles. The molecular weight excluding hydrogens is 316 g/mol. The maximum absolute atomic E-state index is 12.9. The molecule has 4 rings (SSSR count). The second-order valence-corrected chi connectivity index (χ2v) is 6.66. The fourth-order valence-corrected chi connectivity index (χ4v) is 3.67. The molecule has 25 heavy (non-hydrogen) atoms. The summed E-state index contributed by atoms with van der Waals surface area (Å²) in [5.41, 5.74) is 3.20. The van der Waals surface area contributed by atoms with Crippen LogP contribution in [0.5, 0.6) is 5.88 Å². The third-order valence-corrected chi connectivity index (χ3v) is 5.05. The smallest absolute Gasteiger partial charge is 0.254 e. The van der Waals surface area contributed by atoms with Gasteiger partial charge in [-0.15, -0.1) is 0 Å². The average Bonchev–Trinajstić information content (AvgIpc) is 3.30. The fourth-order valence-electron chi connectivity index (χ4n) is 3.67. The highest BCUT2D eigenvalue weighted by Crippen LogP contribution is 2.35. The van der Waals surface area contributed by atoms with Gasteiger partial charge in [-0.25, -0.2) is 4.98 Å². The Morgan fingerprint density at radius 3 is 3.00 bits per heavy atom. The van der Waals surface area contributed by atoms with E-state index in [0.29, 0.717) is 24.7 Å². The van der Waals surface area contributed by atoms with E-state index in [0.717, 1.165) is 19.3 Å². The number of amides is 1. The van der Waals surface area contributed by atoms with E-state index in [1.54, 1.807) is 18.3 Å². The lowest BCUT2D eigenvalue weighted by Crippen LogP contribution is -2.30. The van der Waals surface area contributed by atoms with Gasteiger partial charge in [-0.2, -0.15) is 0 Å². The standard InChI is InChI=1S/C20H22N2O3/c1-22(18-7-6-14-4-2-3-5-17(14)18)20(23)15-8-10-21-19(12-15)25-16-9-11-24-13-16/h2-5,8,10,12,16,18H,6-7,9,11,13H2,1H3/t16-,18+/m0/s1. The van der Waals surface area contributed by atoms with Gasteiger partial charge >= 0.3 is 0 Å². The highest BCUT2D eigenvalue weighted by atomic mass is 16.5. The Hall–Kier alpha value is -2.40. The number of carbonyl (C=O) groups excluding carboxylic acids is 1. The molecule has 1 fully saturated rings. The van der Waals surface area contributed by atoms with Crippen LogP contribution in [0.3, 0.4) is 0 Å². The molecule has 2 aromatic rings. The molecule has 5 nitrogen and oxygen atoms in total. The Labute approximate surface area is 147 Å². The Morgan fingerprint density at radius 1 is 1.28 bits per heavy atom. The molecule has 0 unspecified atom stereocenters. The maximum atomic E-state index is 12.9. The van der Waals surface area contributed by atoms with Gasteiger partial charge in [-0.05, 0) is 30.0 Å². The summed E-state index contributed by atoms with van der Waals surface area (Å²) in [4.78, 5) is 19.0. The van der Waals surface area contributed by atoms with E-state index >= 15 is 0 Å². The van der Waals surface area contributed by atoms with Crippen molar-refractivity contribution >= 4 is 5.91 Å². The molecule has 0 spiro atoms. The molecule has 2 aliphatic rings. The van der Waals surface area contributed by atoms with Crippen molar-refractivity contribution in [1.29, 1.82) is 0 Å². The van der Waals surface area contributed by atoms with Crippen LogP contribution >= 0.6 is 0 Å². The number of hydrogen-bond donors (Lipinski definition) is 0. The minimum atomic E-state index is -0.00312. The van der Waals surface area contributed by atoms with Crippen LogP contribution in [0.2, 0.25) is 0 Å². The molecular formula is C20H22N2O3. The summed E-state index contributed by atoms with van der Waals surface area (Å²) in [6, 6.07) is 12.0. The number of hydrogen-bond acceptors (Lipinski definition) is 4. The number of ether oxygens (including phenoxy) is 2. The normalized spacial score (nSPS) is 21.8. The first-order valence-corrected chi connectivity index (χ1v) is 8.78. The van der Waals surface area contributed by atoms with Crippen LogP contribution in [-0.4, -0.2) is 42.2 Å². The summed E-state index contributed by atoms with van der Waals surface area (Å²) < 4.78 is 11.1. The SMILES string of the molecule is CN(C(=O)c1ccnc(O[C@H]2CCOC2)c1)[C@@H]1CCc2ccccc21. The molecule has 1 saturated heterocycles. The Kier molecular flexibility index (Phi) is 4.40. The largest absolute Gasteiger partial charge is 0.472 e. The van der Waals surface area contributed by atoms with E-state index in [1.807, 2.05) is 18.0 Å². The van der Waals surface area contributed by atoms with Crippen LogP contribution in [0, 0.1) is 0 Å². The molecule has 1 aromatic heterocycles. The van der Waals surface area contributed by atoms with Crippen LogP contribution in [-0.2, 0) is 11.2 Å². The molecule has 2 heterocycles. The summed E-state index contributed by atoms with van der Waals surface area (Å²) in [6.07, 6.45) is 4.51.